The van der Waals surface area contributed by atoms with E-state index in [2.05, 4.69) is 23.5 Å². The molecule has 8 heteroatoms. The Labute approximate surface area is 147 Å². The van der Waals surface area contributed by atoms with Crippen LogP contribution in [0.1, 0.15) is 39.5 Å². The minimum atomic E-state index is 0.245. The quantitative estimate of drug-likeness (QED) is 0.223. The molecule has 0 spiro atoms. The molecule has 120 valence electrons. The Morgan fingerprint density at radius 2 is 1.24 bits per heavy atom. The number of thiocarbonyl (C=S) groups is 2. The Bertz CT molecular complexity index is 382. The molecule has 0 atom stereocenters. The van der Waals surface area contributed by atoms with Crippen molar-refractivity contribution in [3.05, 3.63) is 0 Å². The molecule has 0 saturated heterocycles. The predicted molar refractivity (Wildman–Crippen MR) is 102 cm³/mol. The van der Waals surface area contributed by atoms with Gasteiger partial charge in [-0.1, -0.05) is 38.3 Å². The van der Waals surface area contributed by atoms with E-state index in [1.165, 1.54) is 25.7 Å². The van der Waals surface area contributed by atoms with E-state index in [1.807, 2.05) is 24.1 Å². The van der Waals surface area contributed by atoms with Gasteiger partial charge in [0.2, 0.25) is 0 Å². The third-order valence-corrected chi connectivity index (χ3v) is 7.44. The lowest BCUT2D eigenvalue weighted by Gasteiger charge is -2.25. The van der Waals surface area contributed by atoms with Gasteiger partial charge < -0.3 is 0 Å². The first-order valence-electron chi connectivity index (χ1n) is 7.10. The number of hydrazine groups is 2. The fraction of sp³-hybridized carbons (Fsp3) is 0.846. The van der Waals surface area contributed by atoms with Crippen LogP contribution in [0.25, 0.3) is 0 Å². The second-order valence-corrected chi connectivity index (χ2v) is 9.10. The molecule has 0 aromatic rings. The third kappa shape index (κ3) is 4.68. The van der Waals surface area contributed by atoms with E-state index in [1.54, 1.807) is 23.9 Å². The first kappa shape index (κ1) is 17.7. The normalized spacial score (nSPS) is 20.8. The van der Waals surface area contributed by atoms with Gasteiger partial charge in [0.05, 0.1) is 15.1 Å². The van der Waals surface area contributed by atoms with E-state index in [9.17, 15) is 0 Å². The van der Waals surface area contributed by atoms with Crippen LogP contribution in [-0.4, -0.2) is 39.2 Å². The molecule has 0 amide bonds. The lowest BCUT2D eigenvalue weighted by atomic mass is 10.1. The molecule has 0 unspecified atom stereocenters. The molecule has 2 N–H and O–H groups in total. The van der Waals surface area contributed by atoms with E-state index in [0.29, 0.717) is 0 Å². The summed E-state index contributed by atoms with van der Waals surface area (Å²) in [6.07, 6.45) is 4.83. The van der Waals surface area contributed by atoms with Crippen molar-refractivity contribution in [1.82, 2.24) is 19.7 Å². The summed E-state index contributed by atoms with van der Waals surface area (Å²) >= 11 is 14.2. The van der Waals surface area contributed by atoms with E-state index >= 15 is 0 Å². The molecule has 4 nitrogen and oxygen atoms in total. The Balaban J connectivity index is 1.55. The minimum Gasteiger partial charge on any atom is -0.295 e. The molecule has 0 heterocycles. The predicted octanol–water partition coefficient (Wildman–Crippen LogP) is 3.37. The zero-order valence-corrected chi connectivity index (χ0v) is 16.3. The number of nitrogens with one attached hydrogen (secondary N) is 2. The lowest BCUT2D eigenvalue weighted by molar-refractivity contribution is 0.457. The smallest absolute Gasteiger partial charge is 0.0985 e. The van der Waals surface area contributed by atoms with Crippen LogP contribution in [0.15, 0.2) is 0 Å². The highest BCUT2D eigenvalue weighted by Crippen LogP contribution is 2.47. The molecule has 0 aromatic heterocycles. The van der Waals surface area contributed by atoms with Crippen LogP contribution < -0.4 is 9.66 Å². The lowest BCUT2D eigenvalue weighted by Crippen LogP contribution is -2.39. The highest BCUT2D eigenvalue weighted by Gasteiger charge is 2.44. The summed E-state index contributed by atoms with van der Waals surface area (Å²) in [7, 11) is 3.98. The largest absolute Gasteiger partial charge is 0.295 e. The number of hydrogen-bond acceptors (Lipinski definition) is 6. The maximum absolute atomic E-state index is 5.48. The van der Waals surface area contributed by atoms with Crippen molar-refractivity contribution in [1.29, 1.82) is 0 Å². The Morgan fingerprint density at radius 3 is 1.52 bits per heavy atom. The van der Waals surface area contributed by atoms with Crippen molar-refractivity contribution in [2.24, 2.45) is 10.8 Å². The molecule has 2 fully saturated rings. The van der Waals surface area contributed by atoms with Crippen LogP contribution in [0.2, 0.25) is 0 Å². The molecule has 2 aliphatic rings. The van der Waals surface area contributed by atoms with Crippen molar-refractivity contribution < 1.29 is 0 Å². The first-order chi connectivity index (χ1) is 9.78. The number of hydrogen-bond donors (Lipinski definition) is 2. The van der Waals surface area contributed by atoms with Gasteiger partial charge >= 0.3 is 0 Å². The van der Waals surface area contributed by atoms with Crippen LogP contribution in [-0.2, 0) is 0 Å². The summed E-state index contributed by atoms with van der Waals surface area (Å²) in [4.78, 5) is 8.56. The molecular weight excluding hydrogens is 340 g/mol. The Hall–Kier alpha value is 0.400. The second-order valence-electron chi connectivity index (χ2n) is 6.44. The fourth-order valence-corrected chi connectivity index (χ4v) is 3.81. The van der Waals surface area contributed by atoms with Crippen molar-refractivity contribution in [2.45, 2.75) is 39.5 Å². The molecule has 0 bridgehead atoms. The zero-order valence-electron chi connectivity index (χ0n) is 13.1. The molecular formula is C13H24N4S4. The van der Waals surface area contributed by atoms with Crippen LogP contribution >= 0.6 is 48.3 Å². The topological polar surface area (TPSA) is 30.5 Å². The van der Waals surface area contributed by atoms with Crippen molar-refractivity contribution >= 4 is 58.3 Å². The molecule has 0 aliphatic heterocycles. The highest BCUT2D eigenvalue weighted by molar-refractivity contribution is 8.14. The summed E-state index contributed by atoms with van der Waals surface area (Å²) in [5.74, 6) is 0. The van der Waals surface area contributed by atoms with Crippen LogP contribution in [0.5, 0.6) is 0 Å². The summed E-state index contributed by atoms with van der Waals surface area (Å²) in [6, 6.07) is 0. The van der Waals surface area contributed by atoms with E-state index in [-0.39, 0.29) is 10.8 Å². The molecule has 2 aliphatic carbocycles. The second kappa shape index (κ2) is 6.88. The summed E-state index contributed by atoms with van der Waals surface area (Å²) in [6.45, 7) is 4.45. The van der Waals surface area contributed by atoms with Crippen LogP contribution in [0.4, 0.5) is 0 Å². The summed E-state index contributed by atoms with van der Waals surface area (Å²) in [5, 5.41) is 4.80. The van der Waals surface area contributed by atoms with Crippen molar-refractivity contribution in [2.75, 3.05) is 19.2 Å². The third-order valence-electron chi connectivity index (χ3n) is 4.16. The average Bonchev–Trinajstić information content (AvgIpc) is 3.36. The molecule has 2 rings (SSSR count). The average molecular weight is 365 g/mol. The van der Waals surface area contributed by atoms with Crippen LogP contribution in [0, 0.1) is 10.8 Å². The monoisotopic (exact) mass is 364 g/mol. The van der Waals surface area contributed by atoms with Gasteiger partial charge in [-0.15, -0.1) is 0 Å². The van der Waals surface area contributed by atoms with Gasteiger partial charge in [-0.25, -0.2) is 0 Å². The van der Waals surface area contributed by atoms with Crippen molar-refractivity contribution in [3.8, 4) is 0 Å². The van der Waals surface area contributed by atoms with E-state index in [4.69, 9.17) is 24.4 Å². The van der Waals surface area contributed by atoms with E-state index in [0.717, 1.165) is 15.1 Å². The molecule has 0 aromatic carbocycles. The first-order valence-corrected chi connectivity index (χ1v) is 9.88. The molecule has 0 radical (unpaired) electrons. The van der Waals surface area contributed by atoms with Gasteiger partial charge in [0, 0.05) is 24.9 Å². The zero-order chi connectivity index (χ0) is 15.7. The van der Waals surface area contributed by atoms with Gasteiger partial charge in [0.15, 0.2) is 0 Å². The number of nitrogens with zero attached hydrogens (tertiary/aromatic N) is 2. The van der Waals surface area contributed by atoms with Crippen molar-refractivity contribution in [3.63, 3.8) is 0 Å². The van der Waals surface area contributed by atoms with Gasteiger partial charge in [-0.2, -0.15) is 9.66 Å². The summed E-state index contributed by atoms with van der Waals surface area (Å²) in [5.41, 5.74) is 0.490. The minimum absolute atomic E-state index is 0.245. The van der Waals surface area contributed by atoms with E-state index < -0.39 is 0 Å². The van der Waals surface area contributed by atoms with Gasteiger partial charge in [-0.3, -0.25) is 10.0 Å². The Morgan fingerprint density at radius 1 is 0.905 bits per heavy atom. The maximum atomic E-state index is 5.48. The number of rotatable bonds is 8. The molecule has 21 heavy (non-hydrogen) atoms. The summed E-state index contributed by atoms with van der Waals surface area (Å²) < 4.78 is 0. The molecule has 2 saturated carbocycles. The maximum Gasteiger partial charge on any atom is 0.0985 e. The van der Waals surface area contributed by atoms with Gasteiger partial charge in [-0.05, 0) is 49.6 Å². The Kier molecular flexibility index (Phi) is 5.82. The van der Waals surface area contributed by atoms with Gasteiger partial charge in [0.1, 0.15) is 0 Å². The van der Waals surface area contributed by atoms with Crippen LogP contribution in [0.3, 0.4) is 0 Å². The standard InChI is InChI=1S/C13H24N4S4/c1-12(5-6-12)10(18)16(3)14-20-9-21-15-17(4)11(19)13(2)7-8-13/h14-15H,5-9H2,1-4H3. The SMILES string of the molecule is CN(NSCSNN(C)C(=S)C1(C)CC1)C(=S)C1(C)CC1. The van der Waals surface area contributed by atoms with Gasteiger partial charge in [0.25, 0.3) is 0 Å². The highest BCUT2D eigenvalue weighted by atomic mass is 32.2. The fourth-order valence-electron chi connectivity index (χ4n) is 1.97.